The minimum atomic E-state index is -0.0692. The molecule has 0 amide bonds. The minimum Gasteiger partial charge on any atom is -0.352 e. The van der Waals surface area contributed by atoms with E-state index < -0.39 is 0 Å². The van der Waals surface area contributed by atoms with E-state index >= 15 is 0 Å². The van der Waals surface area contributed by atoms with Crippen LogP contribution in [0, 0.1) is 5.92 Å². The van der Waals surface area contributed by atoms with Gasteiger partial charge in [0.05, 0.1) is 6.61 Å². The summed E-state index contributed by atoms with van der Waals surface area (Å²) in [4.78, 5) is 0. The maximum absolute atomic E-state index is 5.52. The summed E-state index contributed by atoms with van der Waals surface area (Å²) in [7, 11) is 0. The van der Waals surface area contributed by atoms with E-state index in [4.69, 9.17) is 15.2 Å². The first kappa shape index (κ1) is 5.65. The van der Waals surface area contributed by atoms with E-state index in [1.807, 2.05) is 0 Å². The molecule has 2 N–H and O–H groups in total. The lowest BCUT2D eigenvalue weighted by Gasteiger charge is -2.06. The number of hydrogen-bond donors (Lipinski definition) is 1. The Kier molecular flexibility index (Phi) is 1.22. The summed E-state index contributed by atoms with van der Waals surface area (Å²) < 4.78 is 10.5. The normalized spacial score (nSPS) is 49.7. The number of fused-ring (bicyclic) bond motifs is 1. The van der Waals surface area contributed by atoms with Crippen LogP contribution in [0.3, 0.4) is 0 Å². The smallest absolute Gasteiger partial charge is 0.162 e. The quantitative estimate of drug-likeness (QED) is 0.502. The second kappa shape index (κ2) is 1.94. The molecule has 3 heteroatoms. The fourth-order valence-electron chi connectivity index (χ4n) is 1.51. The van der Waals surface area contributed by atoms with Gasteiger partial charge in [0.15, 0.2) is 6.29 Å². The van der Waals surface area contributed by atoms with E-state index in [-0.39, 0.29) is 12.5 Å². The molecule has 2 fully saturated rings. The Labute approximate surface area is 54.1 Å². The first-order valence-corrected chi connectivity index (χ1v) is 3.39. The van der Waals surface area contributed by atoms with Gasteiger partial charge in [0, 0.05) is 5.92 Å². The van der Waals surface area contributed by atoms with Gasteiger partial charge in [-0.3, -0.25) is 0 Å². The number of ether oxygens (including phenoxy) is 2. The molecule has 0 aromatic carbocycles. The van der Waals surface area contributed by atoms with Crippen LogP contribution in [0.1, 0.15) is 12.8 Å². The Morgan fingerprint density at radius 2 is 2.33 bits per heavy atom. The van der Waals surface area contributed by atoms with E-state index in [1.54, 1.807) is 0 Å². The van der Waals surface area contributed by atoms with Crippen molar-refractivity contribution in [2.45, 2.75) is 25.4 Å². The van der Waals surface area contributed by atoms with Gasteiger partial charge in [-0.2, -0.15) is 0 Å². The largest absolute Gasteiger partial charge is 0.352 e. The highest BCUT2D eigenvalue weighted by Crippen LogP contribution is 2.32. The highest BCUT2D eigenvalue weighted by molar-refractivity contribution is 4.77. The molecular formula is C6H11NO2. The highest BCUT2D eigenvalue weighted by Gasteiger charge is 2.37. The third-order valence-electron chi connectivity index (χ3n) is 2.00. The van der Waals surface area contributed by atoms with Gasteiger partial charge in [0.2, 0.25) is 0 Å². The van der Waals surface area contributed by atoms with E-state index in [2.05, 4.69) is 0 Å². The topological polar surface area (TPSA) is 44.5 Å². The van der Waals surface area contributed by atoms with Crippen molar-refractivity contribution in [2.24, 2.45) is 11.7 Å². The van der Waals surface area contributed by atoms with Crippen LogP contribution in [-0.2, 0) is 9.47 Å². The fraction of sp³-hybridized carbons (Fsp3) is 1.00. The van der Waals surface area contributed by atoms with Crippen molar-refractivity contribution in [3.63, 3.8) is 0 Å². The second-order valence-corrected chi connectivity index (χ2v) is 2.70. The maximum Gasteiger partial charge on any atom is 0.162 e. The van der Waals surface area contributed by atoms with Gasteiger partial charge in [0.1, 0.15) is 6.23 Å². The van der Waals surface area contributed by atoms with Gasteiger partial charge in [-0.15, -0.1) is 0 Å². The van der Waals surface area contributed by atoms with E-state index in [0.717, 1.165) is 19.4 Å². The van der Waals surface area contributed by atoms with Crippen LogP contribution in [-0.4, -0.2) is 19.1 Å². The number of nitrogens with two attached hydrogens (primary N) is 1. The highest BCUT2D eigenvalue weighted by atomic mass is 16.7. The average Bonchev–Trinajstić information content (AvgIpc) is 2.22. The van der Waals surface area contributed by atoms with Crippen LogP contribution in [0.4, 0.5) is 0 Å². The van der Waals surface area contributed by atoms with Crippen molar-refractivity contribution < 1.29 is 9.47 Å². The Morgan fingerprint density at radius 1 is 1.44 bits per heavy atom. The van der Waals surface area contributed by atoms with E-state index in [9.17, 15) is 0 Å². The van der Waals surface area contributed by atoms with Crippen LogP contribution < -0.4 is 5.73 Å². The van der Waals surface area contributed by atoms with Crippen LogP contribution >= 0.6 is 0 Å². The fourth-order valence-corrected chi connectivity index (χ4v) is 1.51. The van der Waals surface area contributed by atoms with Crippen LogP contribution in [0.5, 0.6) is 0 Å². The molecule has 2 aliphatic heterocycles. The summed E-state index contributed by atoms with van der Waals surface area (Å²) in [5.41, 5.74) is 5.52. The molecule has 9 heavy (non-hydrogen) atoms. The Bertz CT molecular complexity index is 106. The molecule has 0 radical (unpaired) electrons. The van der Waals surface area contributed by atoms with Crippen LogP contribution in [0.2, 0.25) is 0 Å². The molecule has 2 saturated heterocycles. The lowest BCUT2D eigenvalue weighted by molar-refractivity contribution is -0.115. The van der Waals surface area contributed by atoms with Crippen molar-refractivity contribution in [3.8, 4) is 0 Å². The summed E-state index contributed by atoms with van der Waals surface area (Å²) in [6, 6.07) is 0. The molecule has 0 bridgehead atoms. The van der Waals surface area contributed by atoms with E-state index in [0.29, 0.717) is 5.92 Å². The molecule has 2 heterocycles. The van der Waals surface area contributed by atoms with Gasteiger partial charge < -0.3 is 15.2 Å². The Morgan fingerprint density at radius 3 is 3.11 bits per heavy atom. The molecule has 3 atom stereocenters. The van der Waals surface area contributed by atoms with Crippen LogP contribution in [0.15, 0.2) is 0 Å². The molecule has 0 spiro atoms. The molecule has 0 aliphatic carbocycles. The summed E-state index contributed by atoms with van der Waals surface area (Å²) >= 11 is 0. The summed E-state index contributed by atoms with van der Waals surface area (Å²) in [5.74, 6) is 0.583. The van der Waals surface area contributed by atoms with Gasteiger partial charge in [-0.1, -0.05) is 0 Å². The minimum absolute atomic E-state index is 0.0278. The van der Waals surface area contributed by atoms with E-state index in [1.165, 1.54) is 0 Å². The molecule has 3 nitrogen and oxygen atoms in total. The molecule has 2 rings (SSSR count). The third-order valence-corrected chi connectivity index (χ3v) is 2.00. The summed E-state index contributed by atoms with van der Waals surface area (Å²) in [6.07, 6.45) is 2.06. The van der Waals surface area contributed by atoms with Gasteiger partial charge in [-0.25, -0.2) is 0 Å². The zero-order chi connectivity index (χ0) is 6.27. The van der Waals surface area contributed by atoms with Crippen molar-refractivity contribution in [3.05, 3.63) is 0 Å². The zero-order valence-corrected chi connectivity index (χ0v) is 5.25. The van der Waals surface area contributed by atoms with Crippen molar-refractivity contribution >= 4 is 0 Å². The number of hydrogen-bond acceptors (Lipinski definition) is 3. The molecule has 52 valence electrons. The predicted octanol–water partition coefficient (Wildman–Crippen LogP) is 0.0541. The molecule has 0 aromatic rings. The van der Waals surface area contributed by atoms with Gasteiger partial charge in [0.25, 0.3) is 0 Å². The average molecular weight is 129 g/mol. The monoisotopic (exact) mass is 129 g/mol. The van der Waals surface area contributed by atoms with Crippen molar-refractivity contribution in [1.29, 1.82) is 0 Å². The first-order chi connectivity index (χ1) is 4.36. The number of rotatable bonds is 0. The molecule has 0 unspecified atom stereocenters. The molecule has 2 aliphatic rings. The van der Waals surface area contributed by atoms with Gasteiger partial charge >= 0.3 is 0 Å². The van der Waals surface area contributed by atoms with Crippen LogP contribution in [0.25, 0.3) is 0 Å². The van der Waals surface area contributed by atoms with Crippen molar-refractivity contribution in [1.82, 2.24) is 0 Å². The lowest BCUT2D eigenvalue weighted by atomic mass is 10.1. The standard InChI is InChI=1S/C6H11NO2/c7-5-3-4-1-2-8-6(4)9-5/h4-6H,1-3,7H2/t4-,5+,6+/m0/s1. The Hall–Kier alpha value is -0.120. The first-order valence-electron chi connectivity index (χ1n) is 3.39. The molecular weight excluding hydrogens is 118 g/mol. The summed E-state index contributed by atoms with van der Waals surface area (Å²) in [5, 5.41) is 0. The summed E-state index contributed by atoms with van der Waals surface area (Å²) in [6.45, 7) is 0.849. The molecule has 0 aromatic heterocycles. The second-order valence-electron chi connectivity index (χ2n) is 2.70. The van der Waals surface area contributed by atoms with Gasteiger partial charge in [-0.05, 0) is 12.8 Å². The zero-order valence-electron chi connectivity index (χ0n) is 5.25. The predicted molar refractivity (Wildman–Crippen MR) is 31.5 cm³/mol. The molecule has 0 saturated carbocycles. The third kappa shape index (κ3) is 0.852. The SMILES string of the molecule is N[C@H]1C[C@@H]2CCO[C@@H]2O1. The lowest BCUT2D eigenvalue weighted by Crippen LogP contribution is -2.20. The maximum atomic E-state index is 5.52. The Balaban J connectivity index is 2.02. The van der Waals surface area contributed by atoms with Crippen molar-refractivity contribution in [2.75, 3.05) is 6.61 Å².